The molecule has 5 rings (SSSR count). The molecule has 186 valence electrons. The zero-order chi connectivity index (χ0) is 24.7. The number of halogens is 4. The molecule has 0 amide bonds. The molecular weight excluding hydrogens is 495 g/mol. The first-order valence-corrected chi connectivity index (χ1v) is 10.9. The van der Waals surface area contributed by atoms with Gasteiger partial charge in [0.05, 0.1) is 5.69 Å². The number of ether oxygens (including phenoxy) is 1. The van der Waals surface area contributed by atoms with E-state index in [1.165, 1.54) is 24.3 Å². The number of carbonyl (C=O) groups excluding carboxylic acids is 1. The first-order valence-electron chi connectivity index (χ1n) is 10.9. The Balaban J connectivity index is 0.00000304. The van der Waals surface area contributed by atoms with E-state index in [0.29, 0.717) is 40.9 Å². The van der Waals surface area contributed by atoms with Crippen LogP contribution in [0.4, 0.5) is 13.2 Å². The highest BCUT2D eigenvalue weighted by molar-refractivity contribution is 5.96. The first-order chi connectivity index (χ1) is 16.7. The fraction of sp³-hybridized carbons (Fsp3) is 0.192. The number of benzene rings is 2. The summed E-state index contributed by atoms with van der Waals surface area (Å²) in [5, 5.41) is 0. The van der Waals surface area contributed by atoms with Crippen LogP contribution in [-0.2, 0) is 6.42 Å². The lowest BCUT2D eigenvalue weighted by atomic mass is 10.0. The number of rotatable bonds is 6. The maximum atomic E-state index is 13.0. The van der Waals surface area contributed by atoms with Gasteiger partial charge in [0.2, 0.25) is 5.89 Å². The van der Waals surface area contributed by atoms with Gasteiger partial charge in [0.15, 0.2) is 11.4 Å². The van der Waals surface area contributed by atoms with Crippen LogP contribution >= 0.6 is 12.4 Å². The Morgan fingerprint density at radius 2 is 1.78 bits per heavy atom. The number of pyridine rings is 1. The van der Waals surface area contributed by atoms with Crippen molar-refractivity contribution >= 4 is 34.9 Å². The van der Waals surface area contributed by atoms with Crippen LogP contribution in [-0.4, -0.2) is 26.5 Å². The van der Waals surface area contributed by atoms with Crippen molar-refractivity contribution < 1.29 is 27.1 Å². The molecule has 0 fully saturated rings. The van der Waals surface area contributed by atoms with Crippen molar-refractivity contribution in [1.82, 2.24) is 14.4 Å². The molecule has 0 spiro atoms. The lowest BCUT2D eigenvalue weighted by Gasteiger charge is -2.08. The molecule has 0 N–H and O–H groups in total. The molecule has 0 radical (unpaired) electrons. The molecule has 0 aliphatic heterocycles. The number of aryl methyl sites for hydroxylation is 3. The molecule has 0 aliphatic rings. The van der Waals surface area contributed by atoms with Crippen molar-refractivity contribution in [3.63, 3.8) is 0 Å². The van der Waals surface area contributed by atoms with Gasteiger partial charge in [-0.05, 0) is 79.9 Å². The van der Waals surface area contributed by atoms with E-state index in [9.17, 15) is 18.0 Å². The highest BCUT2D eigenvalue weighted by Crippen LogP contribution is 2.29. The molecule has 36 heavy (non-hydrogen) atoms. The highest BCUT2D eigenvalue weighted by atomic mass is 35.5. The van der Waals surface area contributed by atoms with Crippen molar-refractivity contribution in [2.75, 3.05) is 0 Å². The van der Waals surface area contributed by atoms with Crippen LogP contribution in [0.3, 0.4) is 0 Å². The van der Waals surface area contributed by atoms with E-state index in [2.05, 4.69) is 14.7 Å². The molecule has 0 bridgehead atoms. The van der Waals surface area contributed by atoms with Crippen molar-refractivity contribution in [3.8, 4) is 17.2 Å². The summed E-state index contributed by atoms with van der Waals surface area (Å²) in [5.41, 5.74) is 5.69. The normalized spacial score (nSPS) is 11.6. The smallest absolute Gasteiger partial charge is 0.436 e. The second-order valence-corrected chi connectivity index (χ2v) is 8.29. The number of hydrogen-bond donors (Lipinski definition) is 0. The van der Waals surface area contributed by atoms with Gasteiger partial charge in [-0.3, -0.25) is 9.20 Å². The number of nitrogens with zero attached hydrogens (tertiary/aromatic N) is 3. The summed E-state index contributed by atoms with van der Waals surface area (Å²) in [6, 6.07) is 14.7. The van der Waals surface area contributed by atoms with E-state index in [1.807, 2.05) is 48.7 Å². The molecule has 2 aromatic carbocycles. The molecule has 6 nitrogen and oxygen atoms in total. The average Bonchev–Trinajstić information content (AvgIpc) is 3.36. The maximum absolute atomic E-state index is 13.0. The number of alkyl halides is 3. The van der Waals surface area contributed by atoms with Crippen molar-refractivity contribution in [2.24, 2.45) is 0 Å². The van der Waals surface area contributed by atoms with Crippen molar-refractivity contribution in [1.29, 1.82) is 0 Å². The van der Waals surface area contributed by atoms with E-state index in [-0.39, 0.29) is 29.8 Å². The van der Waals surface area contributed by atoms with Crippen LogP contribution in [0.2, 0.25) is 0 Å². The molecule has 0 aliphatic carbocycles. The van der Waals surface area contributed by atoms with Gasteiger partial charge < -0.3 is 9.15 Å². The number of fused-ring (bicyclic) bond motifs is 2. The van der Waals surface area contributed by atoms with Gasteiger partial charge in [-0.1, -0.05) is 6.07 Å². The van der Waals surface area contributed by atoms with E-state index in [1.54, 1.807) is 6.07 Å². The Kier molecular flexibility index (Phi) is 6.77. The molecule has 10 heteroatoms. The van der Waals surface area contributed by atoms with Crippen molar-refractivity contribution in [3.05, 3.63) is 83.3 Å². The van der Waals surface area contributed by atoms with Crippen LogP contribution < -0.4 is 4.74 Å². The molecule has 0 unspecified atom stereocenters. The van der Waals surface area contributed by atoms with Crippen LogP contribution in [0, 0.1) is 13.8 Å². The lowest BCUT2D eigenvalue weighted by molar-refractivity contribution is -0.274. The first kappa shape index (κ1) is 25.2. The second-order valence-electron chi connectivity index (χ2n) is 8.29. The lowest BCUT2D eigenvalue weighted by Crippen LogP contribution is -2.16. The number of Topliss-reactive ketones (excluding diaryl/α,β-unsaturated/α-hetero) is 1. The third-order valence-corrected chi connectivity index (χ3v) is 5.65. The minimum atomic E-state index is -4.75. The number of carbonyl (C=O) groups is 1. The standard InChI is InChI=1S/C26H20F3N3O3.ClH/c1-15-11-12-32-23(13-15)30-16(2)24(32)21(33)9-3-17-4-10-22-20(14-17)31-25(34-22)18-5-7-19(8-6-18)35-26(27,28)29;/h4-8,10-14H,3,9H2,1-2H3;1H. The van der Waals surface area contributed by atoms with E-state index in [0.717, 1.165) is 16.8 Å². The molecule has 0 atom stereocenters. The predicted molar refractivity (Wildman–Crippen MR) is 131 cm³/mol. The highest BCUT2D eigenvalue weighted by Gasteiger charge is 2.31. The van der Waals surface area contributed by atoms with Crippen LogP contribution in [0.5, 0.6) is 5.75 Å². The molecule has 5 aromatic rings. The quantitative estimate of drug-likeness (QED) is 0.230. The second kappa shape index (κ2) is 9.66. The average molecular weight is 516 g/mol. The Morgan fingerprint density at radius 3 is 2.50 bits per heavy atom. The molecule has 0 saturated carbocycles. The summed E-state index contributed by atoms with van der Waals surface area (Å²) < 4.78 is 48.5. The number of imidazole rings is 1. The summed E-state index contributed by atoms with van der Waals surface area (Å²) >= 11 is 0. The Morgan fingerprint density at radius 1 is 1.03 bits per heavy atom. The topological polar surface area (TPSA) is 69.6 Å². The Bertz CT molecular complexity index is 1560. The zero-order valence-electron chi connectivity index (χ0n) is 19.3. The van der Waals surface area contributed by atoms with Crippen LogP contribution in [0.1, 0.15) is 33.7 Å². The van der Waals surface area contributed by atoms with E-state index < -0.39 is 6.36 Å². The Hall–Kier alpha value is -3.85. The molecular formula is C26H21ClF3N3O3. The number of oxazole rings is 1. The van der Waals surface area contributed by atoms with Crippen LogP contribution in [0.25, 0.3) is 28.2 Å². The summed E-state index contributed by atoms with van der Waals surface area (Å²) in [7, 11) is 0. The monoisotopic (exact) mass is 515 g/mol. The molecule has 3 aromatic heterocycles. The van der Waals surface area contributed by atoms with Crippen molar-refractivity contribution in [2.45, 2.75) is 33.1 Å². The summed E-state index contributed by atoms with van der Waals surface area (Å²) in [6.45, 7) is 3.81. The summed E-state index contributed by atoms with van der Waals surface area (Å²) in [5.74, 6) is -0.0370. The van der Waals surface area contributed by atoms with Gasteiger partial charge in [-0.2, -0.15) is 0 Å². The SMILES string of the molecule is Cc1ccn2c(C(=O)CCc3ccc4oc(-c5ccc(OC(F)(F)F)cc5)nc4c3)c(C)nc2c1.Cl. The minimum absolute atomic E-state index is 0. The zero-order valence-corrected chi connectivity index (χ0v) is 20.1. The van der Waals surface area contributed by atoms with Gasteiger partial charge in [0.25, 0.3) is 0 Å². The van der Waals surface area contributed by atoms with Gasteiger partial charge in [0.1, 0.15) is 22.6 Å². The fourth-order valence-corrected chi connectivity index (χ4v) is 4.03. The van der Waals surface area contributed by atoms with Crippen LogP contribution in [0.15, 0.2) is 65.2 Å². The van der Waals surface area contributed by atoms with Gasteiger partial charge in [-0.15, -0.1) is 25.6 Å². The number of hydrogen-bond acceptors (Lipinski definition) is 5. The fourth-order valence-electron chi connectivity index (χ4n) is 4.03. The predicted octanol–water partition coefficient (Wildman–Crippen LogP) is 6.90. The third kappa shape index (κ3) is 5.21. The molecule has 0 saturated heterocycles. The Labute approximate surface area is 210 Å². The summed E-state index contributed by atoms with van der Waals surface area (Å²) in [4.78, 5) is 22.0. The maximum Gasteiger partial charge on any atom is 0.573 e. The van der Waals surface area contributed by atoms with E-state index in [4.69, 9.17) is 4.42 Å². The van der Waals surface area contributed by atoms with Gasteiger partial charge in [0, 0.05) is 18.2 Å². The number of ketones is 1. The van der Waals surface area contributed by atoms with Gasteiger partial charge >= 0.3 is 6.36 Å². The molecule has 3 heterocycles. The largest absolute Gasteiger partial charge is 0.573 e. The third-order valence-electron chi connectivity index (χ3n) is 5.65. The van der Waals surface area contributed by atoms with E-state index >= 15 is 0 Å². The number of aromatic nitrogens is 3. The van der Waals surface area contributed by atoms with Gasteiger partial charge in [-0.25, -0.2) is 9.97 Å². The minimum Gasteiger partial charge on any atom is -0.436 e. The summed E-state index contributed by atoms with van der Waals surface area (Å²) in [6.07, 6.45) is -2.07.